The summed E-state index contributed by atoms with van der Waals surface area (Å²) >= 11 is 0. The number of carbonyl (C=O) groups is 4. The van der Waals surface area contributed by atoms with Crippen LogP contribution in [0, 0.1) is 17.8 Å². The number of ketones is 1. The number of carboxylic acid groups (broad SMARTS) is 1. The molecule has 0 bridgehead atoms. The fraction of sp³-hybridized carbons (Fsp3) is 0.562. The maximum absolute atomic E-state index is 14.1. The molecule has 0 saturated carbocycles. The van der Waals surface area contributed by atoms with Gasteiger partial charge in [0.05, 0.1) is 34.6 Å². The van der Waals surface area contributed by atoms with E-state index in [1.807, 2.05) is 19.1 Å². The van der Waals surface area contributed by atoms with Crippen LogP contribution < -0.4 is 15.1 Å². The highest BCUT2D eigenvalue weighted by atomic mass is 32.2. The maximum atomic E-state index is 14.1. The van der Waals surface area contributed by atoms with Gasteiger partial charge in [-0.2, -0.15) is 0 Å². The predicted octanol–water partition coefficient (Wildman–Crippen LogP) is -1.32. The Kier molecular flexibility index (Phi) is 6.88. The number of sulfonamides is 1. The number of aliphatic hydroxyl groups excluding tert-OH is 1. The van der Waals surface area contributed by atoms with Gasteiger partial charge in [-0.1, -0.05) is 19.1 Å². The third-order valence-electron chi connectivity index (χ3n) is 11.6. The molecule has 1 spiro atoms. The van der Waals surface area contributed by atoms with Gasteiger partial charge < -0.3 is 34.6 Å². The lowest BCUT2D eigenvalue weighted by molar-refractivity contribution is -1.04. The summed E-state index contributed by atoms with van der Waals surface area (Å²) in [6, 6.07) is 5.48. The highest BCUT2D eigenvalue weighted by Gasteiger charge is 2.63. The highest BCUT2D eigenvalue weighted by Crippen LogP contribution is 2.51. The van der Waals surface area contributed by atoms with E-state index in [0.717, 1.165) is 34.1 Å². The van der Waals surface area contributed by atoms with Crippen molar-refractivity contribution in [2.75, 3.05) is 50.1 Å². The SMILES string of the molecule is CC(=O)C[N+]1(CC(N)=O)CC[N+]2(CC1)Cc1ccc3c4c(ccc(c14)C2)S(=O)(=O)N3CC1C(C)[C@@H]2[C@@H]([C@@H](C)O)C(=O)N2C1C(=O)[O-]. The van der Waals surface area contributed by atoms with Crippen LogP contribution in [0.1, 0.15) is 31.9 Å². The monoisotopic (exact) mass is 654 g/mol. The van der Waals surface area contributed by atoms with Crippen LogP contribution in [0.5, 0.6) is 0 Å². The van der Waals surface area contributed by atoms with E-state index in [9.17, 15) is 37.8 Å². The number of primary amides is 1. The number of hydrogen-bond donors (Lipinski definition) is 2. The first kappa shape index (κ1) is 31.0. The molecule has 2 aromatic rings. The molecule has 13 nitrogen and oxygen atoms in total. The van der Waals surface area contributed by atoms with E-state index >= 15 is 0 Å². The Labute approximate surface area is 267 Å². The van der Waals surface area contributed by atoms with Crippen molar-refractivity contribution in [2.45, 2.75) is 56.9 Å². The number of Topliss-reactive ketones (excluding diaryl/α,β-unsaturated/α-hetero) is 1. The number of anilines is 1. The Morgan fingerprint density at radius 1 is 1.04 bits per heavy atom. The van der Waals surface area contributed by atoms with E-state index in [2.05, 4.69) is 0 Å². The fourth-order valence-corrected chi connectivity index (χ4v) is 11.2. The lowest BCUT2D eigenvalue weighted by Crippen LogP contribution is -2.68. The first-order valence-corrected chi connectivity index (χ1v) is 17.3. The first-order valence-electron chi connectivity index (χ1n) is 15.9. The summed E-state index contributed by atoms with van der Waals surface area (Å²) in [5, 5.41) is 24.1. The first-order chi connectivity index (χ1) is 21.6. The van der Waals surface area contributed by atoms with Crippen LogP contribution in [-0.4, -0.2) is 115 Å². The molecule has 3 saturated heterocycles. The molecule has 5 aliphatic rings. The Bertz CT molecular complexity index is 1790. The number of carboxylic acids is 1. The Morgan fingerprint density at radius 3 is 2.24 bits per heavy atom. The van der Waals surface area contributed by atoms with Crippen LogP contribution in [0.4, 0.5) is 5.69 Å². The number of fused-ring (bicyclic) bond motifs is 1. The molecule has 5 aliphatic heterocycles. The highest BCUT2D eigenvalue weighted by molar-refractivity contribution is 7.93. The molecule has 46 heavy (non-hydrogen) atoms. The minimum atomic E-state index is -4.02. The number of quaternary nitrogens is 2. The number of benzene rings is 2. The second-order valence-electron chi connectivity index (χ2n) is 14.4. The van der Waals surface area contributed by atoms with E-state index in [1.165, 1.54) is 23.1 Å². The van der Waals surface area contributed by atoms with Crippen LogP contribution in [0.2, 0.25) is 0 Å². The van der Waals surface area contributed by atoms with Crippen molar-refractivity contribution >= 4 is 50.1 Å². The summed E-state index contributed by atoms with van der Waals surface area (Å²) in [5.41, 5.74) is 8.12. The standard InChI is InChI=1S/C32H39N5O8S/c1-17(38)13-36(16-25(33)40)8-10-37(11-9-36)14-20-4-6-23-28-24(7-5-21(15-37)27(20)28)46(44,45)34(23)12-22-18(2)29-26(19(3)39)31(41)35(29)30(22)32(42)43/h4-7,18-19,22,26,29-30,39H,8-16H2,1-3H3,(H-2,33,40,42,43)/p+1/t18?,19-,22?,26-,29-,30?,36?,37?/m1/s1. The molecule has 6 atom stereocenters. The van der Waals surface area contributed by atoms with E-state index in [1.54, 1.807) is 12.1 Å². The average Bonchev–Trinajstić information content (AvgIpc) is 3.33. The number of β-lactam (4-membered cyclic amide) rings is 1. The van der Waals surface area contributed by atoms with Gasteiger partial charge in [-0.25, -0.2) is 8.42 Å². The number of amides is 2. The molecular weight excluding hydrogens is 614 g/mol. The summed E-state index contributed by atoms with van der Waals surface area (Å²) in [6.45, 7) is 9.20. The van der Waals surface area contributed by atoms with Crippen molar-refractivity contribution in [1.29, 1.82) is 0 Å². The van der Waals surface area contributed by atoms with Gasteiger partial charge in [0.15, 0.2) is 12.3 Å². The van der Waals surface area contributed by atoms with Gasteiger partial charge in [0.2, 0.25) is 5.91 Å². The molecule has 14 heteroatoms. The quantitative estimate of drug-likeness (QED) is 0.260. The van der Waals surface area contributed by atoms with Crippen LogP contribution in [-0.2, 0) is 42.3 Å². The minimum Gasteiger partial charge on any atom is -0.548 e. The van der Waals surface area contributed by atoms with Gasteiger partial charge in [0.1, 0.15) is 45.8 Å². The largest absolute Gasteiger partial charge is 0.548 e. The molecule has 3 unspecified atom stereocenters. The zero-order chi connectivity index (χ0) is 33.1. The second kappa shape index (κ2) is 10.2. The summed E-state index contributed by atoms with van der Waals surface area (Å²) in [6.07, 6.45) is -0.952. The fourth-order valence-electron chi connectivity index (χ4n) is 9.51. The van der Waals surface area contributed by atoms with E-state index in [4.69, 9.17) is 5.73 Å². The van der Waals surface area contributed by atoms with Gasteiger partial charge in [-0.3, -0.25) is 18.7 Å². The Morgan fingerprint density at radius 2 is 1.67 bits per heavy atom. The molecular formula is C32H40N5O8S+. The van der Waals surface area contributed by atoms with Crippen molar-refractivity contribution in [3.63, 3.8) is 0 Å². The average molecular weight is 655 g/mol. The summed E-state index contributed by atoms with van der Waals surface area (Å²) in [7, 11) is -4.02. The smallest absolute Gasteiger partial charge is 0.272 e. The van der Waals surface area contributed by atoms with Gasteiger partial charge in [-0.15, -0.1) is 0 Å². The normalized spacial score (nSPS) is 34.4. The number of hydrogen-bond acceptors (Lipinski definition) is 8. The molecule has 7 rings (SSSR count). The van der Waals surface area contributed by atoms with Gasteiger partial charge >= 0.3 is 0 Å². The van der Waals surface area contributed by atoms with E-state index in [-0.39, 0.29) is 36.2 Å². The van der Waals surface area contributed by atoms with E-state index < -0.39 is 57.8 Å². The number of piperazine rings is 1. The number of rotatable bonds is 8. The van der Waals surface area contributed by atoms with Gasteiger partial charge in [-0.05, 0) is 25.0 Å². The molecule has 0 aromatic heterocycles. The van der Waals surface area contributed by atoms with E-state index in [0.29, 0.717) is 41.7 Å². The molecule has 3 fully saturated rings. The van der Waals surface area contributed by atoms with Crippen molar-refractivity contribution in [1.82, 2.24) is 4.90 Å². The van der Waals surface area contributed by atoms with Crippen molar-refractivity contribution < 1.29 is 46.8 Å². The molecule has 2 amide bonds. The van der Waals surface area contributed by atoms with Crippen LogP contribution in [0.3, 0.4) is 0 Å². The van der Waals surface area contributed by atoms with Crippen LogP contribution in [0.15, 0.2) is 29.2 Å². The number of carbonyl (C=O) groups excluding carboxylic acids is 4. The van der Waals surface area contributed by atoms with Crippen molar-refractivity contribution in [2.24, 2.45) is 23.5 Å². The maximum Gasteiger partial charge on any atom is 0.272 e. The van der Waals surface area contributed by atoms with Crippen molar-refractivity contribution in [3.05, 3.63) is 35.4 Å². The summed E-state index contributed by atoms with van der Waals surface area (Å²) < 4.78 is 30.6. The van der Waals surface area contributed by atoms with Crippen LogP contribution in [0.25, 0.3) is 10.8 Å². The third kappa shape index (κ3) is 4.33. The molecule has 246 valence electrons. The lowest BCUT2D eigenvalue weighted by atomic mass is 9.77. The third-order valence-corrected chi connectivity index (χ3v) is 13.4. The number of aliphatic hydroxyl groups is 1. The van der Waals surface area contributed by atoms with Crippen LogP contribution >= 0.6 is 0 Å². The molecule has 5 heterocycles. The molecule has 0 aliphatic carbocycles. The Hall–Kier alpha value is -3.59. The van der Waals surface area contributed by atoms with Crippen molar-refractivity contribution in [3.8, 4) is 0 Å². The summed E-state index contributed by atoms with van der Waals surface area (Å²) in [4.78, 5) is 50.7. The zero-order valence-electron chi connectivity index (χ0n) is 26.2. The lowest BCUT2D eigenvalue weighted by Gasteiger charge is -2.50. The molecule has 0 radical (unpaired) electrons. The zero-order valence-corrected chi connectivity index (χ0v) is 27.0. The van der Waals surface area contributed by atoms with Gasteiger partial charge in [0.25, 0.3) is 15.9 Å². The molecule has 2 aromatic carbocycles. The number of nitrogens with zero attached hydrogens (tertiary/aromatic N) is 4. The number of aliphatic carboxylic acids is 1. The Balaban J connectivity index is 1.21. The van der Waals surface area contributed by atoms with Gasteiger partial charge in [0, 0.05) is 47.3 Å². The minimum absolute atomic E-state index is 0.0184. The predicted molar refractivity (Wildman–Crippen MR) is 163 cm³/mol. The second-order valence-corrected chi connectivity index (χ2v) is 16.3. The number of nitrogens with two attached hydrogens (primary N) is 1. The topological polar surface area (TPSA) is 178 Å². The summed E-state index contributed by atoms with van der Waals surface area (Å²) in [5.74, 6) is -4.13. The molecule has 3 N–H and O–H groups in total.